The number of rotatable bonds is 4. The van der Waals surface area contributed by atoms with Crippen molar-refractivity contribution in [3.63, 3.8) is 0 Å². The highest BCUT2D eigenvalue weighted by Gasteiger charge is 2.21. The Morgan fingerprint density at radius 1 is 1.29 bits per heavy atom. The molecule has 1 fully saturated rings. The molecule has 0 bridgehead atoms. The van der Waals surface area contributed by atoms with E-state index in [2.05, 4.69) is 4.98 Å². The topological polar surface area (TPSA) is 30.0 Å². The molecule has 2 heteroatoms. The molecule has 1 aromatic rings. The summed E-state index contributed by atoms with van der Waals surface area (Å²) in [6.45, 7) is 2.01. The Morgan fingerprint density at radius 2 is 1.94 bits per heavy atom. The number of nitrogens with zero attached hydrogens (tertiary/aromatic N) is 1. The second kappa shape index (κ2) is 5.95. The lowest BCUT2D eigenvalue weighted by Gasteiger charge is -2.22. The van der Waals surface area contributed by atoms with E-state index < -0.39 is 0 Å². The van der Waals surface area contributed by atoms with Gasteiger partial charge in [-0.1, -0.05) is 39.0 Å². The smallest absolute Gasteiger partial charge is 0.140 e. The first-order valence-electron chi connectivity index (χ1n) is 6.70. The number of carbonyl (C=O) groups is 1. The van der Waals surface area contributed by atoms with Gasteiger partial charge < -0.3 is 0 Å². The Bertz CT molecular complexity index is 354. The van der Waals surface area contributed by atoms with E-state index in [4.69, 9.17) is 0 Å². The average molecular weight is 231 g/mol. The number of Topliss-reactive ketones (excluding diaryl/α,β-unsaturated/α-hetero) is 1. The quantitative estimate of drug-likeness (QED) is 0.790. The summed E-state index contributed by atoms with van der Waals surface area (Å²) in [5.41, 5.74) is 1.10. The first kappa shape index (κ1) is 12.3. The minimum atomic E-state index is 0.0277. The minimum absolute atomic E-state index is 0.0277. The highest BCUT2D eigenvalue weighted by atomic mass is 16.1. The van der Waals surface area contributed by atoms with Gasteiger partial charge in [0.2, 0.25) is 0 Å². The third kappa shape index (κ3) is 3.39. The lowest BCUT2D eigenvalue weighted by atomic mass is 9.83. The molecule has 2 rings (SSSR count). The number of carbonyl (C=O) groups excluding carboxylic acids is 1. The molecule has 0 aromatic carbocycles. The van der Waals surface area contributed by atoms with Crippen molar-refractivity contribution in [3.05, 3.63) is 30.1 Å². The van der Waals surface area contributed by atoms with Gasteiger partial charge >= 0.3 is 0 Å². The van der Waals surface area contributed by atoms with Crippen LogP contribution in [0.1, 0.15) is 56.9 Å². The highest BCUT2D eigenvalue weighted by Crippen LogP contribution is 2.29. The molecule has 0 aliphatic heterocycles. The van der Waals surface area contributed by atoms with Gasteiger partial charge in [0.15, 0.2) is 0 Å². The molecule has 1 saturated carbocycles. The first-order chi connectivity index (χ1) is 8.27. The van der Waals surface area contributed by atoms with Gasteiger partial charge in [-0.05, 0) is 23.6 Å². The molecule has 92 valence electrons. The van der Waals surface area contributed by atoms with E-state index >= 15 is 0 Å². The fourth-order valence-electron chi connectivity index (χ4n) is 2.69. The zero-order chi connectivity index (χ0) is 12.1. The van der Waals surface area contributed by atoms with Gasteiger partial charge in [0.25, 0.3) is 0 Å². The van der Waals surface area contributed by atoms with Gasteiger partial charge in [-0.3, -0.25) is 9.78 Å². The second-order valence-electron chi connectivity index (χ2n) is 5.18. The molecule has 17 heavy (non-hydrogen) atoms. The van der Waals surface area contributed by atoms with Crippen molar-refractivity contribution in [1.29, 1.82) is 0 Å². The Kier molecular flexibility index (Phi) is 4.29. The number of aromatic nitrogens is 1. The van der Waals surface area contributed by atoms with Crippen LogP contribution in [-0.4, -0.2) is 10.8 Å². The van der Waals surface area contributed by atoms with E-state index in [1.807, 2.05) is 19.1 Å². The van der Waals surface area contributed by atoms with Crippen molar-refractivity contribution in [2.45, 2.75) is 51.4 Å². The molecule has 1 unspecified atom stereocenters. The van der Waals surface area contributed by atoms with Gasteiger partial charge in [-0.2, -0.15) is 0 Å². The summed E-state index contributed by atoms with van der Waals surface area (Å²) < 4.78 is 0. The van der Waals surface area contributed by atoms with Crippen LogP contribution in [0.2, 0.25) is 0 Å². The number of ketones is 1. The van der Waals surface area contributed by atoms with Gasteiger partial charge in [-0.25, -0.2) is 0 Å². The van der Waals surface area contributed by atoms with Crippen LogP contribution in [0.5, 0.6) is 0 Å². The van der Waals surface area contributed by atoms with Crippen molar-refractivity contribution in [3.8, 4) is 0 Å². The van der Waals surface area contributed by atoms with Gasteiger partial charge in [0.1, 0.15) is 5.78 Å². The van der Waals surface area contributed by atoms with Crippen molar-refractivity contribution >= 4 is 5.78 Å². The number of hydrogen-bond acceptors (Lipinski definition) is 2. The first-order valence-corrected chi connectivity index (χ1v) is 6.70. The minimum Gasteiger partial charge on any atom is -0.299 e. The standard InChI is InChI=1S/C15H21NO/c1-12(14-7-9-16-10-8-14)15(17)11-13-5-3-2-4-6-13/h7-10,12-13H,2-6,11H2,1H3. The van der Waals surface area contributed by atoms with Crippen LogP contribution in [0, 0.1) is 5.92 Å². The number of hydrogen-bond donors (Lipinski definition) is 0. The SMILES string of the molecule is CC(C(=O)CC1CCCCC1)c1ccncc1. The summed E-state index contributed by atoms with van der Waals surface area (Å²) in [5.74, 6) is 1.06. The molecule has 1 aliphatic carbocycles. The summed E-state index contributed by atoms with van der Waals surface area (Å²) in [6.07, 6.45) is 10.8. The molecule has 0 spiro atoms. The Morgan fingerprint density at radius 3 is 2.59 bits per heavy atom. The number of pyridine rings is 1. The lowest BCUT2D eigenvalue weighted by molar-refractivity contribution is -0.121. The molecule has 2 nitrogen and oxygen atoms in total. The third-order valence-electron chi connectivity index (χ3n) is 3.90. The van der Waals surface area contributed by atoms with E-state index in [1.54, 1.807) is 12.4 Å². The maximum Gasteiger partial charge on any atom is 0.140 e. The van der Waals surface area contributed by atoms with Crippen LogP contribution in [0.25, 0.3) is 0 Å². The van der Waals surface area contributed by atoms with E-state index in [-0.39, 0.29) is 5.92 Å². The zero-order valence-corrected chi connectivity index (χ0v) is 10.6. The summed E-state index contributed by atoms with van der Waals surface area (Å²) in [5, 5.41) is 0. The fraction of sp³-hybridized carbons (Fsp3) is 0.600. The molecule has 1 heterocycles. The fourth-order valence-corrected chi connectivity index (χ4v) is 2.69. The van der Waals surface area contributed by atoms with Crippen molar-refractivity contribution < 1.29 is 4.79 Å². The third-order valence-corrected chi connectivity index (χ3v) is 3.90. The van der Waals surface area contributed by atoms with Gasteiger partial charge in [-0.15, -0.1) is 0 Å². The van der Waals surface area contributed by atoms with Gasteiger partial charge in [0.05, 0.1) is 0 Å². The molecular formula is C15H21NO. The van der Waals surface area contributed by atoms with Crippen LogP contribution >= 0.6 is 0 Å². The van der Waals surface area contributed by atoms with E-state index in [1.165, 1.54) is 32.1 Å². The van der Waals surface area contributed by atoms with E-state index in [0.29, 0.717) is 11.7 Å². The maximum atomic E-state index is 12.2. The van der Waals surface area contributed by atoms with E-state index in [9.17, 15) is 4.79 Å². The van der Waals surface area contributed by atoms with Crippen LogP contribution in [-0.2, 0) is 4.79 Å². The van der Waals surface area contributed by atoms with Crippen molar-refractivity contribution in [2.75, 3.05) is 0 Å². The Labute approximate surface area is 103 Å². The molecule has 0 radical (unpaired) electrons. The average Bonchev–Trinajstić information content (AvgIpc) is 2.40. The largest absolute Gasteiger partial charge is 0.299 e. The molecule has 1 atom stereocenters. The Balaban J connectivity index is 1.91. The molecule has 0 N–H and O–H groups in total. The lowest BCUT2D eigenvalue weighted by Crippen LogP contribution is -2.16. The molecular weight excluding hydrogens is 210 g/mol. The van der Waals surface area contributed by atoms with E-state index in [0.717, 1.165) is 12.0 Å². The summed E-state index contributed by atoms with van der Waals surface area (Å²) in [6, 6.07) is 3.90. The normalized spacial score (nSPS) is 18.9. The summed E-state index contributed by atoms with van der Waals surface area (Å²) >= 11 is 0. The predicted octanol–water partition coefficient (Wildman–Crippen LogP) is 3.72. The predicted molar refractivity (Wildman–Crippen MR) is 68.9 cm³/mol. The monoisotopic (exact) mass is 231 g/mol. The van der Waals surface area contributed by atoms with Crippen LogP contribution in [0.4, 0.5) is 0 Å². The van der Waals surface area contributed by atoms with Crippen LogP contribution < -0.4 is 0 Å². The van der Waals surface area contributed by atoms with Crippen molar-refractivity contribution in [2.24, 2.45) is 5.92 Å². The molecule has 1 aliphatic rings. The molecule has 1 aromatic heterocycles. The summed E-state index contributed by atoms with van der Waals surface area (Å²) in [4.78, 5) is 16.2. The van der Waals surface area contributed by atoms with Gasteiger partial charge in [0, 0.05) is 24.7 Å². The van der Waals surface area contributed by atoms with Crippen molar-refractivity contribution in [1.82, 2.24) is 4.98 Å². The highest BCUT2D eigenvalue weighted by molar-refractivity contribution is 5.85. The maximum absolute atomic E-state index is 12.2. The zero-order valence-electron chi connectivity index (χ0n) is 10.6. The molecule has 0 saturated heterocycles. The van der Waals surface area contributed by atoms with Crippen LogP contribution in [0.3, 0.4) is 0 Å². The second-order valence-corrected chi connectivity index (χ2v) is 5.18. The molecule has 0 amide bonds. The summed E-state index contributed by atoms with van der Waals surface area (Å²) in [7, 11) is 0. The van der Waals surface area contributed by atoms with Crippen LogP contribution in [0.15, 0.2) is 24.5 Å². The Hall–Kier alpha value is -1.18.